The van der Waals surface area contributed by atoms with E-state index in [1.54, 1.807) is 4.68 Å². The van der Waals surface area contributed by atoms with Crippen LogP contribution >= 0.6 is 11.6 Å². The Morgan fingerprint density at radius 3 is 2.84 bits per heavy atom. The number of halogens is 1. The maximum Gasteiger partial charge on any atom is 0.224 e. The van der Waals surface area contributed by atoms with Crippen LogP contribution in [0.15, 0.2) is 55.0 Å². The lowest BCUT2D eigenvalue weighted by atomic mass is 10.1. The fourth-order valence-corrected chi connectivity index (χ4v) is 4.56. The van der Waals surface area contributed by atoms with Crippen molar-refractivity contribution in [1.29, 1.82) is 0 Å². The molecule has 4 aromatic rings. The Bertz CT molecular complexity index is 1310. The monoisotopic (exact) mass is 446 g/mol. The SMILES string of the molecule is O=C(NCc1cn(Cc2cn3cc(C4CC4)ccc3n2)nn1)[C@H]1C[C@@H]1c1cccc(Cl)c1. The van der Waals surface area contributed by atoms with Gasteiger partial charge >= 0.3 is 0 Å². The van der Waals surface area contributed by atoms with Crippen LogP contribution in [0.5, 0.6) is 0 Å². The lowest BCUT2D eigenvalue weighted by Gasteiger charge is -2.03. The molecule has 2 aliphatic carbocycles. The van der Waals surface area contributed by atoms with Crippen molar-refractivity contribution < 1.29 is 4.79 Å². The van der Waals surface area contributed by atoms with Gasteiger partial charge in [0, 0.05) is 23.3 Å². The van der Waals surface area contributed by atoms with E-state index in [2.05, 4.69) is 43.3 Å². The molecule has 1 amide bonds. The van der Waals surface area contributed by atoms with Crippen molar-refractivity contribution >= 4 is 23.2 Å². The number of nitrogens with one attached hydrogen (secondary N) is 1. The molecule has 0 unspecified atom stereocenters. The number of benzene rings is 1. The number of carbonyl (C=O) groups is 1. The summed E-state index contributed by atoms with van der Waals surface area (Å²) in [6.45, 7) is 0.911. The van der Waals surface area contributed by atoms with Crippen molar-refractivity contribution in [3.63, 3.8) is 0 Å². The minimum Gasteiger partial charge on any atom is -0.350 e. The molecule has 162 valence electrons. The lowest BCUT2D eigenvalue weighted by Crippen LogP contribution is -2.25. The van der Waals surface area contributed by atoms with Gasteiger partial charge < -0.3 is 9.72 Å². The molecule has 2 saturated carbocycles. The van der Waals surface area contributed by atoms with E-state index in [4.69, 9.17) is 11.6 Å². The number of fused-ring (bicyclic) bond motifs is 1. The summed E-state index contributed by atoms with van der Waals surface area (Å²) in [5, 5.41) is 12.1. The molecule has 0 bridgehead atoms. The van der Waals surface area contributed by atoms with Crippen LogP contribution in [0.4, 0.5) is 0 Å². The van der Waals surface area contributed by atoms with E-state index in [0.29, 0.717) is 18.1 Å². The normalized spacial score (nSPS) is 19.9. The Hall–Kier alpha value is -3.19. The van der Waals surface area contributed by atoms with Crippen molar-refractivity contribution in [2.24, 2.45) is 5.92 Å². The molecule has 32 heavy (non-hydrogen) atoms. The molecule has 0 saturated heterocycles. The van der Waals surface area contributed by atoms with Crippen LogP contribution in [0.2, 0.25) is 5.02 Å². The molecule has 0 spiro atoms. The third-order valence-electron chi connectivity index (χ3n) is 6.33. The van der Waals surface area contributed by atoms with Crippen LogP contribution < -0.4 is 5.32 Å². The highest BCUT2D eigenvalue weighted by Gasteiger charge is 2.43. The van der Waals surface area contributed by atoms with E-state index < -0.39 is 0 Å². The number of aromatic nitrogens is 5. The first-order valence-corrected chi connectivity index (χ1v) is 11.4. The van der Waals surface area contributed by atoms with Gasteiger partial charge in [-0.3, -0.25) is 4.79 Å². The topological polar surface area (TPSA) is 77.1 Å². The van der Waals surface area contributed by atoms with Crippen molar-refractivity contribution in [2.75, 3.05) is 0 Å². The first-order chi connectivity index (χ1) is 15.6. The average molecular weight is 447 g/mol. The standard InChI is InChI=1S/C24H23ClN6O/c25-18-3-1-2-16(8-18)21-9-22(21)24(32)26-10-19-13-31(29-28-19)14-20-12-30-11-17(15-4-5-15)6-7-23(30)27-20/h1-3,6-8,11-13,15,21-22H,4-5,9-10,14H2,(H,26,32)/t21-,22+/m1/s1. The quantitative estimate of drug-likeness (QED) is 0.466. The minimum absolute atomic E-state index is 0.00187. The predicted molar refractivity (Wildman–Crippen MR) is 120 cm³/mol. The summed E-state index contributed by atoms with van der Waals surface area (Å²) in [6, 6.07) is 12.0. The maximum atomic E-state index is 12.5. The summed E-state index contributed by atoms with van der Waals surface area (Å²) in [7, 11) is 0. The molecule has 2 fully saturated rings. The highest BCUT2D eigenvalue weighted by molar-refractivity contribution is 6.30. The van der Waals surface area contributed by atoms with E-state index in [9.17, 15) is 4.79 Å². The molecule has 8 heteroatoms. The van der Waals surface area contributed by atoms with Gasteiger partial charge in [0.1, 0.15) is 11.3 Å². The fourth-order valence-electron chi connectivity index (χ4n) is 4.36. The van der Waals surface area contributed by atoms with E-state index >= 15 is 0 Å². The fraction of sp³-hybridized carbons (Fsp3) is 0.333. The summed E-state index contributed by atoms with van der Waals surface area (Å²) in [6.07, 6.45) is 9.52. The second-order valence-corrected chi connectivity index (χ2v) is 9.30. The van der Waals surface area contributed by atoms with Crippen LogP contribution in [0, 0.1) is 5.92 Å². The molecular formula is C24H23ClN6O. The van der Waals surface area contributed by atoms with E-state index in [-0.39, 0.29) is 17.7 Å². The van der Waals surface area contributed by atoms with Crippen molar-refractivity contribution in [3.05, 3.63) is 82.5 Å². The minimum atomic E-state index is 0.00187. The number of rotatable bonds is 7. The zero-order chi connectivity index (χ0) is 21.7. The lowest BCUT2D eigenvalue weighted by molar-refractivity contribution is -0.122. The molecule has 3 aromatic heterocycles. The number of imidazole rings is 1. The summed E-state index contributed by atoms with van der Waals surface area (Å²) in [5.74, 6) is 1.02. The zero-order valence-electron chi connectivity index (χ0n) is 17.5. The zero-order valence-corrected chi connectivity index (χ0v) is 18.2. The molecule has 6 rings (SSSR count). The van der Waals surface area contributed by atoms with Gasteiger partial charge in [0.15, 0.2) is 0 Å². The Kier molecular flexibility index (Phi) is 4.72. The van der Waals surface area contributed by atoms with E-state index in [1.807, 2.05) is 36.7 Å². The van der Waals surface area contributed by atoms with Gasteiger partial charge in [-0.05, 0) is 60.4 Å². The number of nitrogens with zero attached hydrogens (tertiary/aromatic N) is 5. The van der Waals surface area contributed by atoms with Crippen molar-refractivity contribution in [1.82, 2.24) is 29.7 Å². The van der Waals surface area contributed by atoms with Gasteiger partial charge in [0.05, 0.1) is 25.0 Å². The van der Waals surface area contributed by atoms with Crippen LogP contribution in [0.25, 0.3) is 5.65 Å². The smallest absolute Gasteiger partial charge is 0.224 e. The average Bonchev–Trinajstić information content (AvgIpc) is 3.70. The second kappa shape index (κ2) is 7.74. The Balaban J connectivity index is 1.05. The molecular weight excluding hydrogens is 424 g/mol. The van der Waals surface area contributed by atoms with Crippen molar-refractivity contribution in [2.45, 2.75) is 44.2 Å². The number of pyridine rings is 1. The Morgan fingerprint density at radius 2 is 2.00 bits per heavy atom. The number of amides is 1. The molecule has 1 aromatic carbocycles. The number of hydrogen-bond acceptors (Lipinski definition) is 4. The van der Waals surface area contributed by atoms with Crippen LogP contribution in [-0.2, 0) is 17.9 Å². The highest BCUT2D eigenvalue weighted by atomic mass is 35.5. The van der Waals surface area contributed by atoms with E-state index in [1.165, 1.54) is 18.4 Å². The molecule has 7 nitrogen and oxygen atoms in total. The van der Waals surface area contributed by atoms with Crippen molar-refractivity contribution in [3.8, 4) is 0 Å². The summed E-state index contributed by atoms with van der Waals surface area (Å²) >= 11 is 6.07. The molecule has 3 heterocycles. The Morgan fingerprint density at radius 1 is 1.09 bits per heavy atom. The van der Waals surface area contributed by atoms with Gasteiger partial charge in [-0.25, -0.2) is 9.67 Å². The Labute approximate surface area is 190 Å². The third kappa shape index (κ3) is 4.00. The van der Waals surface area contributed by atoms with Gasteiger partial charge in [0.25, 0.3) is 0 Å². The van der Waals surface area contributed by atoms with Crippen LogP contribution in [-0.4, -0.2) is 30.3 Å². The second-order valence-electron chi connectivity index (χ2n) is 8.86. The third-order valence-corrected chi connectivity index (χ3v) is 6.57. The summed E-state index contributed by atoms with van der Waals surface area (Å²) in [5.41, 5.74) is 5.11. The molecule has 1 N–H and O–H groups in total. The maximum absolute atomic E-state index is 12.5. The van der Waals surface area contributed by atoms with Crippen LogP contribution in [0.1, 0.15) is 53.6 Å². The van der Waals surface area contributed by atoms with E-state index in [0.717, 1.165) is 34.9 Å². The molecule has 0 radical (unpaired) electrons. The first kappa shape index (κ1) is 19.5. The van der Waals surface area contributed by atoms with Gasteiger partial charge in [-0.15, -0.1) is 5.10 Å². The molecule has 2 atom stereocenters. The predicted octanol–water partition coefficient (Wildman–Crippen LogP) is 3.92. The number of hydrogen-bond donors (Lipinski definition) is 1. The van der Waals surface area contributed by atoms with Crippen LogP contribution in [0.3, 0.4) is 0 Å². The van der Waals surface area contributed by atoms with Gasteiger partial charge in [0.2, 0.25) is 5.91 Å². The molecule has 0 aliphatic heterocycles. The summed E-state index contributed by atoms with van der Waals surface area (Å²) < 4.78 is 3.85. The summed E-state index contributed by atoms with van der Waals surface area (Å²) in [4.78, 5) is 17.2. The first-order valence-electron chi connectivity index (χ1n) is 11.0. The highest BCUT2D eigenvalue weighted by Crippen LogP contribution is 2.48. The largest absolute Gasteiger partial charge is 0.350 e. The number of carbonyl (C=O) groups excluding carboxylic acids is 1. The molecule has 2 aliphatic rings. The van der Waals surface area contributed by atoms with Gasteiger partial charge in [-0.2, -0.15) is 0 Å². The van der Waals surface area contributed by atoms with Gasteiger partial charge in [-0.1, -0.05) is 35.0 Å².